The maximum atomic E-state index is 10.5. The first-order chi connectivity index (χ1) is 7.25. The van der Waals surface area contributed by atoms with E-state index in [-0.39, 0.29) is 18.8 Å². The van der Waals surface area contributed by atoms with E-state index in [1.807, 2.05) is 6.07 Å². The van der Waals surface area contributed by atoms with E-state index >= 15 is 0 Å². The number of rotatable bonds is 3. The van der Waals surface area contributed by atoms with Crippen LogP contribution in [0.2, 0.25) is 0 Å². The Morgan fingerprint density at radius 3 is 2.94 bits per heavy atom. The molecule has 0 spiro atoms. The third-order valence-corrected chi connectivity index (χ3v) is 1.93. The van der Waals surface area contributed by atoms with E-state index in [2.05, 4.69) is 15.2 Å². The second-order valence-corrected chi connectivity index (χ2v) is 3.09. The second kappa shape index (κ2) is 5.27. The molecular formula is C10H10ClN3O2. The van der Waals surface area contributed by atoms with Crippen LogP contribution in [0.3, 0.4) is 0 Å². The Morgan fingerprint density at radius 2 is 2.31 bits per heavy atom. The quantitative estimate of drug-likeness (QED) is 0.851. The van der Waals surface area contributed by atoms with Gasteiger partial charge in [0, 0.05) is 23.7 Å². The Bertz CT molecular complexity index is 470. The van der Waals surface area contributed by atoms with Crippen molar-refractivity contribution in [3.8, 4) is 11.3 Å². The number of carboxylic acid groups (broad SMARTS) is 1. The number of carbonyl (C=O) groups is 1. The van der Waals surface area contributed by atoms with Crippen LogP contribution in [0, 0.1) is 0 Å². The number of carboxylic acids is 1. The molecule has 0 radical (unpaired) electrons. The zero-order chi connectivity index (χ0) is 10.7. The SMILES string of the molecule is Cl.O=C(O)Cc1cc(-c2cccnc2)n[nH]1. The topological polar surface area (TPSA) is 78.9 Å². The summed E-state index contributed by atoms with van der Waals surface area (Å²) in [6.07, 6.45) is 3.31. The molecule has 0 aliphatic rings. The van der Waals surface area contributed by atoms with Gasteiger partial charge in [0.2, 0.25) is 0 Å². The largest absolute Gasteiger partial charge is 0.481 e. The van der Waals surface area contributed by atoms with Crippen molar-refractivity contribution in [1.82, 2.24) is 15.2 Å². The number of hydrogen-bond acceptors (Lipinski definition) is 3. The number of nitrogens with one attached hydrogen (secondary N) is 1. The molecule has 0 aliphatic carbocycles. The third kappa shape index (κ3) is 2.80. The van der Waals surface area contributed by atoms with Gasteiger partial charge in [-0.25, -0.2) is 0 Å². The molecule has 2 N–H and O–H groups in total. The van der Waals surface area contributed by atoms with Gasteiger partial charge in [-0.05, 0) is 18.2 Å². The number of aliphatic carboxylic acids is 1. The molecule has 0 aromatic carbocycles. The maximum absolute atomic E-state index is 10.5. The number of halogens is 1. The van der Waals surface area contributed by atoms with Crippen molar-refractivity contribution < 1.29 is 9.90 Å². The van der Waals surface area contributed by atoms with E-state index in [0.29, 0.717) is 11.4 Å². The van der Waals surface area contributed by atoms with Crippen LogP contribution in [0.15, 0.2) is 30.6 Å². The van der Waals surface area contributed by atoms with Crippen molar-refractivity contribution in [2.24, 2.45) is 0 Å². The van der Waals surface area contributed by atoms with Crippen LogP contribution in [0.4, 0.5) is 0 Å². The van der Waals surface area contributed by atoms with Crippen LogP contribution in [-0.2, 0) is 11.2 Å². The van der Waals surface area contributed by atoms with E-state index in [1.54, 1.807) is 24.5 Å². The molecule has 0 amide bonds. The lowest BCUT2D eigenvalue weighted by Crippen LogP contribution is -1.99. The monoisotopic (exact) mass is 239 g/mol. The molecule has 0 bridgehead atoms. The summed E-state index contributed by atoms with van der Waals surface area (Å²) < 4.78 is 0. The van der Waals surface area contributed by atoms with Gasteiger partial charge in [-0.2, -0.15) is 5.10 Å². The molecule has 6 heteroatoms. The van der Waals surface area contributed by atoms with Crippen molar-refractivity contribution in [3.63, 3.8) is 0 Å². The van der Waals surface area contributed by atoms with E-state index in [1.165, 1.54) is 0 Å². The van der Waals surface area contributed by atoms with Gasteiger partial charge in [-0.1, -0.05) is 0 Å². The van der Waals surface area contributed by atoms with Gasteiger partial charge in [0.05, 0.1) is 12.1 Å². The molecule has 2 heterocycles. The number of aromatic nitrogens is 3. The van der Waals surface area contributed by atoms with Crippen molar-refractivity contribution >= 4 is 18.4 Å². The molecule has 84 valence electrons. The second-order valence-electron chi connectivity index (χ2n) is 3.09. The molecule has 2 aromatic rings. The zero-order valence-electron chi connectivity index (χ0n) is 8.25. The van der Waals surface area contributed by atoms with Gasteiger partial charge in [0.1, 0.15) is 0 Å². The Balaban J connectivity index is 0.00000128. The minimum atomic E-state index is -0.878. The van der Waals surface area contributed by atoms with E-state index in [0.717, 1.165) is 5.56 Å². The van der Waals surface area contributed by atoms with E-state index in [9.17, 15) is 4.79 Å². The highest BCUT2D eigenvalue weighted by Gasteiger charge is 2.06. The van der Waals surface area contributed by atoms with Gasteiger partial charge in [-0.15, -0.1) is 12.4 Å². The highest BCUT2D eigenvalue weighted by molar-refractivity contribution is 5.85. The zero-order valence-corrected chi connectivity index (χ0v) is 9.07. The predicted octanol–water partition coefficient (Wildman–Crippen LogP) is 1.52. The Hall–Kier alpha value is -1.88. The van der Waals surface area contributed by atoms with Crippen molar-refractivity contribution in [2.45, 2.75) is 6.42 Å². The van der Waals surface area contributed by atoms with Gasteiger partial charge in [0.15, 0.2) is 0 Å². The molecule has 5 nitrogen and oxygen atoms in total. The van der Waals surface area contributed by atoms with Gasteiger partial charge >= 0.3 is 5.97 Å². The fourth-order valence-electron chi connectivity index (χ4n) is 1.28. The highest BCUT2D eigenvalue weighted by atomic mass is 35.5. The number of hydrogen-bond donors (Lipinski definition) is 2. The molecule has 16 heavy (non-hydrogen) atoms. The van der Waals surface area contributed by atoms with Crippen LogP contribution in [0.1, 0.15) is 5.69 Å². The predicted molar refractivity (Wildman–Crippen MR) is 60.4 cm³/mol. The molecule has 0 aliphatic heterocycles. The lowest BCUT2D eigenvalue weighted by molar-refractivity contribution is -0.136. The normalized spacial score (nSPS) is 9.50. The van der Waals surface area contributed by atoms with Crippen LogP contribution < -0.4 is 0 Å². The van der Waals surface area contributed by atoms with Crippen LogP contribution in [-0.4, -0.2) is 26.3 Å². The van der Waals surface area contributed by atoms with Gasteiger partial charge in [-0.3, -0.25) is 14.9 Å². The first kappa shape index (κ1) is 12.2. The van der Waals surface area contributed by atoms with Crippen molar-refractivity contribution in [3.05, 3.63) is 36.3 Å². The van der Waals surface area contributed by atoms with Crippen LogP contribution in [0.5, 0.6) is 0 Å². The summed E-state index contributed by atoms with van der Waals surface area (Å²) in [6.45, 7) is 0. The van der Waals surface area contributed by atoms with Crippen LogP contribution >= 0.6 is 12.4 Å². The Morgan fingerprint density at radius 1 is 1.50 bits per heavy atom. The molecule has 0 fully saturated rings. The molecular weight excluding hydrogens is 230 g/mol. The van der Waals surface area contributed by atoms with E-state index in [4.69, 9.17) is 5.11 Å². The lowest BCUT2D eigenvalue weighted by atomic mass is 10.2. The fraction of sp³-hybridized carbons (Fsp3) is 0.100. The Kier molecular flexibility index (Phi) is 4.02. The number of pyridine rings is 1. The molecule has 0 atom stereocenters. The fourth-order valence-corrected chi connectivity index (χ4v) is 1.28. The first-order valence-electron chi connectivity index (χ1n) is 4.42. The lowest BCUT2D eigenvalue weighted by Gasteiger charge is -1.91. The molecule has 2 aromatic heterocycles. The number of H-pyrrole nitrogens is 1. The van der Waals surface area contributed by atoms with Gasteiger partial charge < -0.3 is 5.11 Å². The maximum Gasteiger partial charge on any atom is 0.309 e. The van der Waals surface area contributed by atoms with Gasteiger partial charge in [0.25, 0.3) is 0 Å². The highest BCUT2D eigenvalue weighted by Crippen LogP contribution is 2.15. The minimum absolute atomic E-state index is 0. The summed E-state index contributed by atoms with van der Waals surface area (Å²) in [5.41, 5.74) is 2.16. The summed E-state index contributed by atoms with van der Waals surface area (Å²) in [5, 5.41) is 15.3. The average Bonchev–Trinajstić information content (AvgIpc) is 2.67. The smallest absolute Gasteiger partial charge is 0.309 e. The molecule has 0 saturated carbocycles. The number of aromatic amines is 1. The third-order valence-electron chi connectivity index (χ3n) is 1.93. The number of nitrogens with zero attached hydrogens (tertiary/aromatic N) is 2. The Labute approximate surface area is 97.9 Å². The first-order valence-corrected chi connectivity index (χ1v) is 4.42. The van der Waals surface area contributed by atoms with Crippen molar-refractivity contribution in [2.75, 3.05) is 0 Å². The summed E-state index contributed by atoms with van der Waals surface area (Å²) in [6, 6.07) is 5.39. The summed E-state index contributed by atoms with van der Waals surface area (Å²) in [4.78, 5) is 14.4. The van der Waals surface area contributed by atoms with E-state index < -0.39 is 5.97 Å². The average molecular weight is 240 g/mol. The van der Waals surface area contributed by atoms with Crippen LogP contribution in [0.25, 0.3) is 11.3 Å². The molecule has 2 rings (SSSR count). The minimum Gasteiger partial charge on any atom is -0.481 e. The van der Waals surface area contributed by atoms with Crippen molar-refractivity contribution in [1.29, 1.82) is 0 Å². The molecule has 0 saturated heterocycles. The molecule has 0 unspecified atom stereocenters. The summed E-state index contributed by atoms with van der Waals surface area (Å²) in [5.74, 6) is -0.878. The standard InChI is InChI=1S/C10H9N3O2.ClH/c14-10(15)5-8-4-9(13-12-8)7-2-1-3-11-6-7;/h1-4,6H,5H2,(H,12,13)(H,14,15);1H. The summed E-state index contributed by atoms with van der Waals surface area (Å²) >= 11 is 0. The summed E-state index contributed by atoms with van der Waals surface area (Å²) in [7, 11) is 0.